The van der Waals surface area contributed by atoms with E-state index < -0.39 is 6.10 Å². The molecule has 2 aromatic rings. The number of hydrogen-bond donors (Lipinski definition) is 2. The molecule has 2 heterocycles. The van der Waals surface area contributed by atoms with E-state index in [1.807, 2.05) is 0 Å². The van der Waals surface area contributed by atoms with E-state index in [1.165, 1.54) is 6.20 Å². The van der Waals surface area contributed by atoms with Crippen molar-refractivity contribution < 1.29 is 5.11 Å². The van der Waals surface area contributed by atoms with Crippen LogP contribution in [0.5, 0.6) is 0 Å². The lowest BCUT2D eigenvalue weighted by Crippen LogP contribution is -2.05. The molecule has 1 unspecified atom stereocenters. The van der Waals surface area contributed by atoms with Gasteiger partial charge in [0.1, 0.15) is 11.9 Å². The number of aromatic nitrogens is 2. The van der Waals surface area contributed by atoms with Crippen LogP contribution >= 0.6 is 27.5 Å². The number of nitrogens with two attached hydrogens (primary N) is 1. The molecule has 88 valence electrons. The van der Waals surface area contributed by atoms with Crippen LogP contribution in [0.4, 0.5) is 5.82 Å². The Morgan fingerprint density at radius 2 is 2.06 bits per heavy atom. The molecule has 4 nitrogen and oxygen atoms in total. The molecule has 0 bridgehead atoms. The fourth-order valence-electron chi connectivity index (χ4n) is 1.44. The summed E-state index contributed by atoms with van der Waals surface area (Å²) in [5.74, 6) is 0.252. The number of rotatable bonds is 2. The van der Waals surface area contributed by atoms with Crippen LogP contribution < -0.4 is 5.73 Å². The lowest BCUT2D eigenvalue weighted by atomic mass is 10.0. The van der Waals surface area contributed by atoms with Crippen molar-refractivity contribution in [2.24, 2.45) is 0 Å². The third kappa shape index (κ3) is 2.74. The quantitative estimate of drug-likeness (QED) is 0.893. The Kier molecular flexibility index (Phi) is 3.61. The average molecular weight is 315 g/mol. The van der Waals surface area contributed by atoms with Gasteiger partial charge in [-0.1, -0.05) is 11.6 Å². The van der Waals surface area contributed by atoms with Crippen molar-refractivity contribution in [3.8, 4) is 0 Å². The van der Waals surface area contributed by atoms with E-state index in [0.29, 0.717) is 16.1 Å². The maximum absolute atomic E-state index is 10.2. The van der Waals surface area contributed by atoms with E-state index in [4.69, 9.17) is 17.3 Å². The summed E-state index contributed by atoms with van der Waals surface area (Å²) >= 11 is 9.12. The van der Waals surface area contributed by atoms with Gasteiger partial charge in [0.2, 0.25) is 0 Å². The molecule has 2 rings (SSSR count). The average Bonchev–Trinajstić information content (AvgIpc) is 2.31. The van der Waals surface area contributed by atoms with Crippen molar-refractivity contribution in [1.82, 2.24) is 9.97 Å². The maximum atomic E-state index is 10.2. The zero-order valence-electron chi connectivity index (χ0n) is 8.64. The smallest absolute Gasteiger partial charge is 0.129 e. The number of pyridine rings is 2. The molecule has 0 aliphatic heterocycles. The summed E-state index contributed by atoms with van der Waals surface area (Å²) in [5, 5.41) is 10.6. The molecule has 0 radical (unpaired) electrons. The monoisotopic (exact) mass is 313 g/mol. The second-order valence-corrected chi connectivity index (χ2v) is 4.82. The number of nitrogen functional groups attached to an aromatic ring is 1. The topological polar surface area (TPSA) is 72.0 Å². The molecule has 0 fully saturated rings. The highest BCUT2D eigenvalue weighted by atomic mass is 79.9. The Balaban J connectivity index is 2.43. The highest BCUT2D eigenvalue weighted by molar-refractivity contribution is 9.10. The molecule has 0 aliphatic rings. The first-order valence-electron chi connectivity index (χ1n) is 4.77. The van der Waals surface area contributed by atoms with Crippen LogP contribution in [-0.4, -0.2) is 15.1 Å². The second-order valence-electron chi connectivity index (χ2n) is 3.47. The van der Waals surface area contributed by atoms with Crippen LogP contribution in [0.3, 0.4) is 0 Å². The fourth-order valence-corrected chi connectivity index (χ4v) is 1.99. The lowest BCUT2D eigenvalue weighted by Gasteiger charge is -2.13. The molecule has 0 saturated carbocycles. The zero-order valence-corrected chi connectivity index (χ0v) is 11.0. The Morgan fingerprint density at radius 3 is 2.76 bits per heavy atom. The van der Waals surface area contributed by atoms with Gasteiger partial charge in [0, 0.05) is 34.2 Å². The second kappa shape index (κ2) is 5.00. The van der Waals surface area contributed by atoms with Crippen molar-refractivity contribution in [1.29, 1.82) is 0 Å². The summed E-state index contributed by atoms with van der Waals surface area (Å²) in [7, 11) is 0. The van der Waals surface area contributed by atoms with Crippen LogP contribution in [0, 0.1) is 0 Å². The minimum atomic E-state index is -0.897. The van der Waals surface area contributed by atoms with Gasteiger partial charge >= 0.3 is 0 Å². The number of halogens is 2. The van der Waals surface area contributed by atoms with E-state index in [9.17, 15) is 5.11 Å². The fraction of sp³-hybridized carbons (Fsp3) is 0.0909. The van der Waals surface area contributed by atoms with Gasteiger partial charge in [-0.3, -0.25) is 4.98 Å². The molecule has 2 aromatic heterocycles. The first-order chi connectivity index (χ1) is 8.08. The van der Waals surface area contributed by atoms with Crippen molar-refractivity contribution in [3.05, 3.63) is 51.3 Å². The Bertz CT molecular complexity index is 550. The number of nitrogens with zero attached hydrogens (tertiary/aromatic N) is 2. The van der Waals surface area contributed by atoms with E-state index in [1.54, 1.807) is 24.5 Å². The van der Waals surface area contributed by atoms with E-state index >= 15 is 0 Å². The summed E-state index contributed by atoms with van der Waals surface area (Å²) in [5.41, 5.74) is 6.79. The van der Waals surface area contributed by atoms with E-state index in [-0.39, 0.29) is 5.82 Å². The van der Waals surface area contributed by atoms with Crippen LogP contribution in [0.25, 0.3) is 0 Å². The molecular formula is C11H9BrClN3O. The number of anilines is 1. The molecule has 0 aliphatic carbocycles. The number of hydrogen-bond acceptors (Lipinski definition) is 4. The molecule has 3 N–H and O–H groups in total. The van der Waals surface area contributed by atoms with Crippen molar-refractivity contribution in [3.63, 3.8) is 0 Å². The molecule has 0 saturated heterocycles. The highest BCUT2D eigenvalue weighted by Crippen LogP contribution is 2.28. The Labute approximate surface area is 112 Å². The largest absolute Gasteiger partial charge is 0.383 e. The van der Waals surface area contributed by atoms with Crippen molar-refractivity contribution >= 4 is 33.3 Å². The van der Waals surface area contributed by atoms with Crippen molar-refractivity contribution in [2.75, 3.05) is 5.73 Å². The Morgan fingerprint density at radius 1 is 1.29 bits per heavy atom. The normalized spacial score (nSPS) is 12.4. The van der Waals surface area contributed by atoms with Crippen LogP contribution in [0.2, 0.25) is 5.02 Å². The van der Waals surface area contributed by atoms with Gasteiger partial charge < -0.3 is 10.8 Å². The molecular weight excluding hydrogens is 305 g/mol. The lowest BCUT2D eigenvalue weighted by molar-refractivity contribution is 0.220. The van der Waals surface area contributed by atoms with Gasteiger partial charge in [0.15, 0.2) is 0 Å². The summed E-state index contributed by atoms with van der Waals surface area (Å²) in [6.45, 7) is 0. The highest BCUT2D eigenvalue weighted by Gasteiger charge is 2.15. The van der Waals surface area contributed by atoms with Gasteiger partial charge in [0.25, 0.3) is 0 Å². The minimum absolute atomic E-state index is 0.252. The Hall–Kier alpha value is -1.17. The standard InChI is InChI=1S/C11H9BrClN3O/c12-7-1-6(3-15-4-7)10(17)9-2-8(13)5-16-11(9)14/h1-5,10,17H,(H2,14,16). The first kappa shape index (κ1) is 12.3. The third-order valence-corrected chi connectivity index (χ3v) is 2.89. The van der Waals surface area contributed by atoms with Gasteiger partial charge in [-0.15, -0.1) is 0 Å². The number of aliphatic hydroxyl groups excluding tert-OH is 1. The first-order valence-corrected chi connectivity index (χ1v) is 5.94. The predicted octanol–water partition coefficient (Wildman–Crippen LogP) is 2.56. The third-order valence-electron chi connectivity index (χ3n) is 2.25. The molecule has 0 amide bonds. The van der Waals surface area contributed by atoms with Crippen molar-refractivity contribution in [2.45, 2.75) is 6.10 Å². The van der Waals surface area contributed by atoms with E-state index in [0.717, 1.165) is 4.47 Å². The summed E-state index contributed by atoms with van der Waals surface area (Å²) < 4.78 is 0.780. The molecule has 1 atom stereocenters. The van der Waals surface area contributed by atoms with Gasteiger partial charge in [0.05, 0.1) is 5.02 Å². The molecule has 6 heteroatoms. The summed E-state index contributed by atoms with van der Waals surface area (Å²) in [6.07, 6.45) is 3.74. The van der Waals surface area contributed by atoms with Crippen LogP contribution in [-0.2, 0) is 0 Å². The molecule has 17 heavy (non-hydrogen) atoms. The zero-order chi connectivity index (χ0) is 12.4. The summed E-state index contributed by atoms with van der Waals surface area (Å²) in [4.78, 5) is 7.88. The SMILES string of the molecule is Nc1ncc(Cl)cc1C(O)c1cncc(Br)c1. The van der Waals surface area contributed by atoms with Gasteiger partial charge in [-0.2, -0.15) is 0 Å². The van der Waals surface area contributed by atoms with Crippen LogP contribution in [0.1, 0.15) is 17.2 Å². The van der Waals surface area contributed by atoms with Gasteiger partial charge in [-0.05, 0) is 28.1 Å². The number of aliphatic hydroxyl groups is 1. The predicted molar refractivity (Wildman–Crippen MR) is 69.7 cm³/mol. The molecule has 0 spiro atoms. The molecule has 0 aromatic carbocycles. The van der Waals surface area contributed by atoms with Crippen LogP contribution in [0.15, 0.2) is 35.2 Å². The summed E-state index contributed by atoms with van der Waals surface area (Å²) in [6, 6.07) is 3.35. The minimum Gasteiger partial charge on any atom is -0.383 e. The van der Waals surface area contributed by atoms with Gasteiger partial charge in [-0.25, -0.2) is 4.98 Å². The van der Waals surface area contributed by atoms with E-state index in [2.05, 4.69) is 25.9 Å². The maximum Gasteiger partial charge on any atom is 0.129 e.